The van der Waals surface area contributed by atoms with E-state index in [1.54, 1.807) is 5.57 Å². The molecule has 0 N–H and O–H groups in total. The number of hydrogen-bond donors (Lipinski definition) is 0. The van der Waals surface area contributed by atoms with Crippen LogP contribution in [0.15, 0.2) is 11.6 Å². The van der Waals surface area contributed by atoms with Crippen LogP contribution in [0.3, 0.4) is 0 Å². The Labute approximate surface area is 56.0 Å². The standard InChI is InChI=1S/C9H11/c1-2-8-4-6-3-7(1)9(8)5-6/h1,6,9H,2-5H2. The van der Waals surface area contributed by atoms with Gasteiger partial charge in [0.1, 0.15) is 0 Å². The molecule has 2 bridgehead atoms. The second kappa shape index (κ2) is 1.25. The van der Waals surface area contributed by atoms with Gasteiger partial charge in [-0.25, -0.2) is 0 Å². The van der Waals surface area contributed by atoms with Crippen molar-refractivity contribution in [2.45, 2.75) is 25.7 Å². The number of allylic oxidation sites excluding steroid dienone is 2. The first-order chi connectivity index (χ1) is 4.43. The van der Waals surface area contributed by atoms with Gasteiger partial charge >= 0.3 is 0 Å². The van der Waals surface area contributed by atoms with Crippen LogP contribution in [0.5, 0.6) is 0 Å². The average molecular weight is 119 g/mol. The molecule has 2 atom stereocenters. The molecule has 1 radical (unpaired) electrons. The monoisotopic (exact) mass is 119 g/mol. The van der Waals surface area contributed by atoms with E-state index in [-0.39, 0.29) is 0 Å². The van der Waals surface area contributed by atoms with Crippen molar-refractivity contribution in [1.82, 2.24) is 0 Å². The molecule has 3 rings (SSSR count). The van der Waals surface area contributed by atoms with E-state index < -0.39 is 0 Å². The molecule has 0 heterocycles. The molecule has 0 aliphatic heterocycles. The van der Waals surface area contributed by atoms with Crippen LogP contribution in [0.4, 0.5) is 0 Å². The Bertz CT molecular complexity index is 178. The van der Waals surface area contributed by atoms with E-state index in [0.29, 0.717) is 0 Å². The van der Waals surface area contributed by atoms with Gasteiger partial charge in [0.25, 0.3) is 0 Å². The summed E-state index contributed by atoms with van der Waals surface area (Å²) in [6, 6.07) is 0. The van der Waals surface area contributed by atoms with Gasteiger partial charge < -0.3 is 0 Å². The van der Waals surface area contributed by atoms with E-state index in [9.17, 15) is 0 Å². The third-order valence-electron chi connectivity index (χ3n) is 3.21. The molecule has 0 nitrogen and oxygen atoms in total. The zero-order valence-electron chi connectivity index (χ0n) is 5.56. The number of rotatable bonds is 0. The average Bonchev–Trinajstić information content (AvgIpc) is 2.35. The molecular formula is C9H11. The first-order valence-electron chi connectivity index (χ1n) is 3.97. The summed E-state index contributed by atoms with van der Waals surface area (Å²) in [5, 5.41) is 0. The molecule has 0 amide bonds. The van der Waals surface area contributed by atoms with Gasteiger partial charge in [0.05, 0.1) is 0 Å². The highest BCUT2D eigenvalue weighted by atomic mass is 14.5. The van der Waals surface area contributed by atoms with E-state index >= 15 is 0 Å². The topological polar surface area (TPSA) is 0 Å². The zero-order valence-corrected chi connectivity index (χ0v) is 5.56. The minimum Gasteiger partial charge on any atom is -0.0844 e. The van der Waals surface area contributed by atoms with Gasteiger partial charge in [-0.1, -0.05) is 11.6 Å². The minimum atomic E-state index is 0.995. The number of hydrogen-bond acceptors (Lipinski definition) is 0. The third kappa shape index (κ3) is 0.417. The van der Waals surface area contributed by atoms with Crippen molar-refractivity contribution in [1.29, 1.82) is 0 Å². The van der Waals surface area contributed by atoms with Crippen molar-refractivity contribution in [3.63, 3.8) is 0 Å². The van der Waals surface area contributed by atoms with Crippen LogP contribution in [0.25, 0.3) is 0 Å². The largest absolute Gasteiger partial charge is 0.0844 e. The van der Waals surface area contributed by atoms with E-state index in [2.05, 4.69) is 6.08 Å². The fourth-order valence-corrected chi connectivity index (χ4v) is 2.85. The maximum absolute atomic E-state index is 2.48. The molecular weight excluding hydrogens is 108 g/mol. The lowest BCUT2D eigenvalue weighted by molar-refractivity contribution is 0.587. The Morgan fingerprint density at radius 1 is 1.33 bits per heavy atom. The predicted octanol–water partition coefficient (Wildman–Crippen LogP) is 2.32. The summed E-state index contributed by atoms with van der Waals surface area (Å²) in [6.07, 6.45) is 8.27. The van der Waals surface area contributed by atoms with E-state index in [1.165, 1.54) is 25.7 Å². The SMILES string of the molecule is C1=C2CC3C[C](C1)C2C3. The van der Waals surface area contributed by atoms with Crippen LogP contribution in [0.2, 0.25) is 0 Å². The highest BCUT2D eigenvalue weighted by Crippen LogP contribution is 2.57. The lowest BCUT2D eigenvalue weighted by Gasteiger charge is -2.13. The molecule has 0 heteroatoms. The molecule has 2 saturated carbocycles. The molecule has 0 spiro atoms. The van der Waals surface area contributed by atoms with Crippen LogP contribution in [0.1, 0.15) is 25.7 Å². The molecule has 2 fully saturated rings. The molecule has 47 valence electrons. The van der Waals surface area contributed by atoms with Crippen LogP contribution >= 0.6 is 0 Å². The minimum absolute atomic E-state index is 0.995. The fourth-order valence-electron chi connectivity index (χ4n) is 2.85. The van der Waals surface area contributed by atoms with Crippen LogP contribution in [-0.4, -0.2) is 0 Å². The van der Waals surface area contributed by atoms with Crippen molar-refractivity contribution in [2.75, 3.05) is 0 Å². The highest BCUT2D eigenvalue weighted by molar-refractivity contribution is 5.35. The van der Waals surface area contributed by atoms with Crippen molar-refractivity contribution in [3.05, 3.63) is 17.6 Å². The normalized spacial score (nSPS) is 46.4. The smallest absolute Gasteiger partial charge is 0.0129 e. The quantitative estimate of drug-likeness (QED) is 0.429. The van der Waals surface area contributed by atoms with E-state index in [4.69, 9.17) is 0 Å². The van der Waals surface area contributed by atoms with Crippen LogP contribution in [0, 0.1) is 17.8 Å². The Balaban J connectivity index is 2.12. The van der Waals surface area contributed by atoms with Crippen LogP contribution < -0.4 is 0 Å². The van der Waals surface area contributed by atoms with Gasteiger partial charge in [0.15, 0.2) is 0 Å². The second-order valence-electron chi connectivity index (χ2n) is 3.70. The third-order valence-corrected chi connectivity index (χ3v) is 3.21. The molecule has 9 heavy (non-hydrogen) atoms. The summed E-state index contributed by atoms with van der Waals surface area (Å²) in [4.78, 5) is 0. The first-order valence-corrected chi connectivity index (χ1v) is 3.97. The van der Waals surface area contributed by atoms with Gasteiger partial charge in [-0.3, -0.25) is 0 Å². The molecule has 0 saturated heterocycles. The maximum Gasteiger partial charge on any atom is -0.0129 e. The van der Waals surface area contributed by atoms with Gasteiger partial charge in [-0.2, -0.15) is 0 Å². The van der Waals surface area contributed by atoms with Crippen LogP contribution in [-0.2, 0) is 0 Å². The molecule has 3 aliphatic carbocycles. The molecule has 3 aliphatic rings. The molecule has 0 aromatic carbocycles. The molecule has 0 aromatic heterocycles. The summed E-state index contributed by atoms with van der Waals surface area (Å²) in [6.45, 7) is 0. The number of fused-ring (bicyclic) bond motifs is 1. The lowest BCUT2D eigenvalue weighted by Crippen LogP contribution is -2.02. The first kappa shape index (κ1) is 4.54. The molecule has 0 aromatic rings. The summed E-state index contributed by atoms with van der Waals surface area (Å²) < 4.78 is 0. The van der Waals surface area contributed by atoms with Gasteiger partial charge in [0, 0.05) is 0 Å². The van der Waals surface area contributed by atoms with Crippen molar-refractivity contribution in [3.8, 4) is 0 Å². The van der Waals surface area contributed by atoms with E-state index in [0.717, 1.165) is 11.8 Å². The molecule has 2 unspecified atom stereocenters. The van der Waals surface area contributed by atoms with E-state index in [1.807, 2.05) is 5.92 Å². The Morgan fingerprint density at radius 2 is 2.33 bits per heavy atom. The Kier molecular flexibility index (Phi) is 0.633. The summed E-state index contributed by atoms with van der Waals surface area (Å²) in [5.74, 6) is 3.94. The fraction of sp³-hybridized carbons (Fsp3) is 0.667. The highest BCUT2D eigenvalue weighted by Gasteiger charge is 2.45. The maximum atomic E-state index is 2.48. The van der Waals surface area contributed by atoms with Crippen molar-refractivity contribution in [2.24, 2.45) is 11.8 Å². The lowest BCUT2D eigenvalue weighted by atomic mass is 9.91. The van der Waals surface area contributed by atoms with Gasteiger partial charge in [-0.05, 0) is 43.4 Å². The Hall–Kier alpha value is -0.260. The summed E-state index contributed by atoms with van der Waals surface area (Å²) >= 11 is 0. The van der Waals surface area contributed by atoms with Crippen molar-refractivity contribution >= 4 is 0 Å². The van der Waals surface area contributed by atoms with Crippen molar-refractivity contribution < 1.29 is 0 Å². The predicted molar refractivity (Wildman–Crippen MR) is 36.8 cm³/mol. The second-order valence-corrected chi connectivity index (χ2v) is 3.70. The zero-order chi connectivity index (χ0) is 5.84. The van der Waals surface area contributed by atoms with Gasteiger partial charge in [0.2, 0.25) is 0 Å². The summed E-state index contributed by atoms with van der Waals surface area (Å²) in [7, 11) is 0. The Morgan fingerprint density at radius 3 is 3.00 bits per heavy atom. The summed E-state index contributed by atoms with van der Waals surface area (Å²) in [5.41, 5.74) is 1.79. The van der Waals surface area contributed by atoms with Gasteiger partial charge in [-0.15, -0.1) is 0 Å².